The molecule has 2 amide bonds. The van der Waals surface area contributed by atoms with Crippen LogP contribution in [0, 0.1) is 0 Å². The summed E-state index contributed by atoms with van der Waals surface area (Å²) in [5.41, 5.74) is 8.23. The molecular formula is C27H24N7O5S3+. The Morgan fingerprint density at radius 3 is 2.74 bits per heavy atom. The molecule has 4 aromatic rings. The van der Waals surface area contributed by atoms with Crippen molar-refractivity contribution in [2.45, 2.75) is 18.0 Å². The third kappa shape index (κ3) is 5.06. The van der Waals surface area contributed by atoms with Crippen molar-refractivity contribution in [2.75, 3.05) is 23.9 Å². The number of nitrogens with zero attached hydrogens (tertiary/aromatic N) is 4. The van der Waals surface area contributed by atoms with Gasteiger partial charge in [-0.25, -0.2) is 9.78 Å². The molecule has 5 N–H and O–H groups in total. The molecule has 1 aromatic carbocycles. The summed E-state index contributed by atoms with van der Waals surface area (Å²) in [6.45, 7) is 0.292. The number of pyridine rings is 1. The minimum atomic E-state index is -1.20. The minimum absolute atomic E-state index is 0.0593. The van der Waals surface area contributed by atoms with Gasteiger partial charge in [-0.3, -0.25) is 14.5 Å². The van der Waals surface area contributed by atoms with E-state index >= 15 is 0 Å². The lowest BCUT2D eigenvalue weighted by Crippen LogP contribution is -2.71. The zero-order chi connectivity index (χ0) is 29.4. The molecule has 12 nitrogen and oxygen atoms in total. The van der Waals surface area contributed by atoms with Crippen LogP contribution < -0.4 is 20.9 Å². The maximum Gasteiger partial charge on any atom is 0.352 e. The molecule has 0 bridgehead atoms. The predicted molar refractivity (Wildman–Crippen MR) is 162 cm³/mol. The highest BCUT2D eigenvalue weighted by atomic mass is 32.2. The Morgan fingerprint density at radius 2 is 2.02 bits per heavy atom. The number of β-lactam (4-membered cyclic amide) rings is 1. The van der Waals surface area contributed by atoms with Crippen molar-refractivity contribution < 1.29 is 28.9 Å². The van der Waals surface area contributed by atoms with Crippen LogP contribution in [-0.4, -0.2) is 62.8 Å². The Kier molecular flexibility index (Phi) is 7.53. The van der Waals surface area contributed by atoms with Gasteiger partial charge in [0.15, 0.2) is 23.6 Å². The number of thiophene rings is 1. The molecule has 2 aliphatic rings. The molecule has 214 valence electrons. The average molecular weight is 623 g/mol. The fourth-order valence-corrected chi connectivity index (χ4v) is 7.73. The molecule has 2 aliphatic heterocycles. The summed E-state index contributed by atoms with van der Waals surface area (Å²) in [6.07, 6.45) is 1.90. The number of hydrogen-bond acceptors (Lipinski definition) is 11. The predicted octanol–water partition coefficient (Wildman–Crippen LogP) is 2.76. The van der Waals surface area contributed by atoms with Crippen LogP contribution >= 0.6 is 34.4 Å². The van der Waals surface area contributed by atoms with Crippen LogP contribution in [0.1, 0.15) is 5.69 Å². The van der Waals surface area contributed by atoms with E-state index in [4.69, 9.17) is 10.6 Å². The molecular weight excluding hydrogens is 599 g/mol. The number of amides is 2. The Balaban J connectivity index is 1.23. The van der Waals surface area contributed by atoms with E-state index in [1.807, 2.05) is 58.6 Å². The van der Waals surface area contributed by atoms with Gasteiger partial charge in [0.05, 0.1) is 11.1 Å². The average Bonchev–Trinajstić information content (AvgIpc) is 3.61. The topological polar surface area (TPSA) is 163 Å². The number of nitrogen functional groups attached to an aromatic ring is 1. The number of carboxylic acid groups (broad SMARTS) is 1. The van der Waals surface area contributed by atoms with Crippen molar-refractivity contribution >= 4 is 84.7 Å². The number of fused-ring (bicyclic) bond motifs is 2. The van der Waals surface area contributed by atoms with Crippen molar-refractivity contribution in [1.29, 1.82) is 0 Å². The third-order valence-electron chi connectivity index (χ3n) is 6.71. The van der Waals surface area contributed by atoms with Crippen molar-refractivity contribution in [3.05, 3.63) is 76.4 Å². The summed E-state index contributed by atoms with van der Waals surface area (Å²) in [5.74, 6) is -2.02. The summed E-state index contributed by atoms with van der Waals surface area (Å²) in [4.78, 5) is 49.8. The lowest BCUT2D eigenvalue weighted by atomic mass is 10.0. The van der Waals surface area contributed by atoms with Crippen LogP contribution in [0.3, 0.4) is 0 Å². The van der Waals surface area contributed by atoms with Gasteiger partial charge < -0.3 is 26.3 Å². The van der Waals surface area contributed by atoms with E-state index in [0.29, 0.717) is 17.9 Å². The van der Waals surface area contributed by atoms with Crippen molar-refractivity contribution in [3.8, 4) is 0 Å². The Morgan fingerprint density at radius 1 is 1.21 bits per heavy atom. The second-order valence-corrected chi connectivity index (χ2v) is 12.2. The molecule has 0 saturated carbocycles. The van der Waals surface area contributed by atoms with Gasteiger partial charge in [-0.1, -0.05) is 34.7 Å². The molecule has 6 rings (SSSR count). The standard InChI is InChI=1S/C27H23N7O5S3/c1-39-32-19(18-13-42-27(28)30-18)22(35)31-20-23(36)34-21(26(37)38)14(11-40-25(20)34)10-33-9-5-8-16-17(12-41-24(16)33)29-15-6-3-2-4-7-15/h2-9,12-13,20,25,29H,10-11H2,1H3,(H3-,28,30,31,35,37,38)/p+1/b32-19-/t20?,25-/m1/s1. The van der Waals surface area contributed by atoms with Gasteiger partial charge in [0.2, 0.25) is 0 Å². The number of thioether (sulfide) groups is 1. The first-order valence-corrected chi connectivity index (χ1v) is 15.4. The van der Waals surface area contributed by atoms with Gasteiger partial charge in [-0.2, -0.15) is 4.57 Å². The Labute approximate surface area is 251 Å². The number of carbonyl (C=O) groups excluding carboxylic acids is 2. The summed E-state index contributed by atoms with van der Waals surface area (Å²) in [7, 11) is 1.29. The maximum atomic E-state index is 13.2. The van der Waals surface area contributed by atoms with Gasteiger partial charge in [0.1, 0.15) is 29.9 Å². The SMILES string of the molecule is CO/N=C(\C(=O)NC1C(=O)N2C(C(=O)O)=C(C[n+]3cccc4c(Nc5ccccc5)csc43)CS[C@H]12)c1csc(N)n1. The van der Waals surface area contributed by atoms with Gasteiger partial charge >= 0.3 is 5.97 Å². The highest BCUT2D eigenvalue weighted by Crippen LogP contribution is 2.41. The monoisotopic (exact) mass is 622 g/mol. The molecule has 2 atom stereocenters. The van der Waals surface area contributed by atoms with E-state index in [-0.39, 0.29) is 22.2 Å². The first-order valence-electron chi connectivity index (χ1n) is 12.6. The Bertz CT molecular complexity index is 1770. The number of aliphatic carboxylic acids is 1. The molecule has 5 heterocycles. The fourth-order valence-electron chi connectivity index (χ4n) is 4.86. The van der Waals surface area contributed by atoms with Gasteiger partial charge in [-0.05, 0) is 18.2 Å². The quantitative estimate of drug-likeness (QED) is 0.0951. The van der Waals surface area contributed by atoms with Gasteiger partial charge in [0, 0.05) is 33.8 Å². The Hall–Kier alpha value is -4.47. The molecule has 15 heteroatoms. The number of aromatic nitrogens is 2. The second kappa shape index (κ2) is 11.4. The molecule has 3 aromatic heterocycles. The zero-order valence-corrected chi connectivity index (χ0v) is 24.5. The van der Waals surface area contributed by atoms with Crippen molar-refractivity contribution in [3.63, 3.8) is 0 Å². The lowest BCUT2D eigenvalue weighted by molar-refractivity contribution is -0.661. The number of nitrogens with two attached hydrogens (primary N) is 1. The maximum absolute atomic E-state index is 13.2. The van der Waals surface area contributed by atoms with E-state index in [9.17, 15) is 19.5 Å². The summed E-state index contributed by atoms with van der Waals surface area (Å²) in [6, 6.07) is 12.8. The van der Waals surface area contributed by atoms with E-state index in [2.05, 4.69) is 20.8 Å². The van der Waals surface area contributed by atoms with Crippen LogP contribution in [0.5, 0.6) is 0 Å². The third-order valence-corrected chi connectivity index (χ3v) is 9.76. The highest BCUT2D eigenvalue weighted by molar-refractivity contribution is 8.00. The second-order valence-electron chi connectivity index (χ2n) is 9.31. The first kappa shape index (κ1) is 27.7. The fraction of sp³-hybridized carbons (Fsp3) is 0.185. The van der Waals surface area contributed by atoms with E-state index in [1.54, 1.807) is 16.7 Å². The molecule has 0 aliphatic carbocycles. The number of thiazole rings is 1. The smallest absolute Gasteiger partial charge is 0.352 e. The number of oxime groups is 1. The normalized spacial score (nSPS) is 18.5. The number of anilines is 3. The molecule has 1 saturated heterocycles. The number of rotatable bonds is 9. The van der Waals surface area contributed by atoms with E-state index in [0.717, 1.165) is 32.9 Å². The number of nitrogens with one attached hydrogen (secondary N) is 2. The lowest BCUT2D eigenvalue weighted by Gasteiger charge is -2.49. The van der Waals surface area contributed by atoms with Crippen molar-refractivity contribution in [1.82, 2.24) is 15.2 Å². The number of hydrogen-bond donors (Lipinski definition) is 4. The van der Waals surface area contributed by atoms with Crippen molar-refractivity contribution in [2.24, 2.45) is 5.16 Å². The minimum Gasteiger partial charge on any atom is -0.477 e. The highest BCUT2D eigenvalue weighted by Gasteiger charge is 2.55. The van der Waals surface area contributed by atoms with Crippen LogP contribution in [0.15, 0.2) is 75.8 Å². The largest absolute Gasteiger partial charge is 0.477 e. The summed E-state index contributed by atoms with van der Waals surface area (Å²) in [5, 5.41) is 24.3. The van der Waals surface area contributed by atoms with Crippen LogP contribution in [0.2, 0.25) is 0 Å². The van der Waals surface area contributed by atoms with Gasteiger partial charge in [0.25, 0.3) is 16.6 Å². The first-order chi connectivity index (χ1) is 20.4. The molecule has 42 heavy (non-hydrogen) atoms. The van der Waals surface area contributed by atoms with Crippen LogP contribution in [0.25, 0.3) is 10.2 Å². The summed E-state index contributed by atoms with van der Waals surface area (Å²) < 4.78 is 1.99. The van der Waals surface area contributed by atoms with Crippen LogP contribution in [-0.2, 0) is 25.8 Å². The number of carboxylic acids is 1. The van der Waals surface area contributed by atoms with E-state index < -0.39 is 29.2 Å². The zero-order valence-electron chi connectivity index (χ0n) is 22.0. The molecule has 1 fully saturated rings. The number of carbonyl (C=O) groups is 3. The number of para-hydroxylation sites is 1. The number of benzene rings is 1. The van der Waals surface area contributed by atoms with Crippen LogP contribution in [0.4, 0.5) is 16.5 Å². The molecule has 0 spiro atoms. The summed E-state index contributed by atoms with van der Waals surface area (Å²) >= 11 is 4.08. The van der Waals surface area contributed by atoms with E-state index in [1.165, 1.54) is 23.8 Å². The van der Waals surface area contributed by atoms with Gasteiger partial charge in [-0.15, -0.1) is 23.1 Å². The molecule has 1 unspecified atom stereocenters. The molecule has 0 radical (unpaired) electrons.